The summed E-state index contributed by atoms with van der Waals surface area (Å²) >= 11 is 0. The minimum Gasteiger partial charge on any atom is -0.468 e. The van der Waals surface area contributed by atoms with E-state index in [1.807, 2.05) is 36.4 Å². The summed E-state index contributed by atoms with van der Waals surface area (Å²) < 4.78 is 4.79. The largest absolute Gasteiger partial charge is 0.468 e. The van der Waals surface area contributed by atoms with Crippen LogP contribution in [-0.2, 0) is 14.3 Å². The average molecular weight is 324 g/mol. The van der Waals surface area contributed by atoms with E-state index in [4.69, 9.17) is 4.74 Å². The van der Waals surface area contributed by atoms with Crippen LogP contribution in [0.2, 0.25) is 0 Å². The second-order valence-corrected chi connectivity index (χ2v) is 5.62. The topological polar surface area (TPSA) is 60.4 Å². The number of carbonyl (C=O) groups excluding carboxylic acids is 3. The van der Waals surface area contributed by atoms with Crippen molar-refractivity contribution in [3.05, 3.63) is 71.8 Å². The zero-order valence-electron chi connectivity index (χ0n) is 13.8. The summed E-state index contributed by atoms with van der Waals surface area (Å²) in [4.78, 5) is 36.8. The molecule has 0 spiro atoms. The van der Waals surface area contributed by atoms with Crippen molar-refractivity contribution in [2.45, 2.75) is 19.3 Å². The van der Waals surface area contributed by atoms with Crippen LogP contribution in [0.5, 0.6) is 0 Å². The van der Waals surface area contributed by atoms with Crippen LogP contribution in [0.3, 0.4) is 0 Å². The van der Waals surface area contributed by atoms with Crippen LogP contribution >= 0.6 is 0 Å². The molecule has 2 aromatic carbocycles. The molecule has 0 radical (unpaired) electrons. The van der Waals surface area contributed by atoms with Crippen molar-refractivity contribution in [1.29, 1.82) is 0 Å². The SMILES string of the molecule is COC(=O)C(C(C)=O)C(CC(=O)c1ccccc1)c1ccccc1. The van der Waals surface area contributed by atoms with Gasteiger partial charge in [0.25, 0.3) is 0 Å². The number of rotatable bonds is 7. The third-order valence-electron chi connectivity index (χ3n) is 4.02. The Morgan fingerprint density at radius 1 is 0.917 bits per heavy atom. The quantitative estimate of drug-likeness (QED) is 0.445. The lowest BCUT2D eigenvalue weighted by Gasteiger charge is -2.23. The Bertz CT molecular complexity index is 707. The van der Waals surface area contributed by atoms with Gasteiger partial charge < -0.3 is 4.74 Å². The van der Waals surface area contributed by atoms with Gasteiger partial charge in [-0.1, -0.05) is 60.7 Å². The lowest BCUT2D eigenvalue weighted by molar-refractivity contribution is -0.149. The van der Waals surface area contributed by atoms with Crippen LogP contribution in [0.1, 0.15) is 35.2 Å². The van der Waals surface area contributed by atoms with Crippen LogP contribution in [0, 0.1) is 5.92 Å². The zero-order chi connectivity index (χ0) is 17.5. The molecular formula is C20H20O4. The number of methoxy groups -OCH3 is 1. The molecule has 0 saturated carbocycles. The Hall–Kier alpha value is -2.75. The molecule has 2 rings (SSSR count). The molecule has 124 valence electrons. The molecule has 4 heteroatoms. The second-order valence-electron chi connectivity index (χ2n) is 5.62. The van der Waals surface area contributed by atoms with Gasteiger partial charge in [0.05, 0.1) is 7.11 Å². The molecule has 0 amide bonds. The highest BCUT2D eigenvalue weighted by Gasteiger charge is 2.35. The highest BCUT2D eigenvalue weighted by Crippen LogP contribution is 2.31. The smallest absolute Gasteiger partial charge is 0.316 e. The van der Waals surface area contributed by atoms with E-state index in [0.29, 0.717) is 5.56 Å². The minimum absolute atomic E-state index is 0.0629. The maximum absolute atomic E-state index is 12.6. The second kappa shape index (κ2) is 8.20. The maximum atomic E-state index is 12.6. The van der Waals surface area contributed by atoms with Gasteiger partial charge in [0.15, 0.2) is 5.78 Å². The van der Waals surface area contributed by atoms with Crippen molar-refractivity contribution in [2.75, 3.05) is 7.11 Å². The van der Waals surface area contributed by atoms with Crippen molar-refractivity contribution in [2.24, 2.45) is 5.92 Å². The number of hydrogen-bond acceptors (Lipinski definition) is 4. The number of hydrogen-bond donors (Lipinski definition) is 0. The fraction of sp³-hybridized carbons (Fsp3) is 0.250. The molecule has 0 aliphatic rings. The molecule has 4 nitrogen and oxygen atoms in total. The van der Waals surface area contributed by atoms with Crippen LogP contribution < -0.4 is 0 Å². The summed E-state index contributed by atoms with van der Waals surface area (Å²) in [6.07, 6.45) is 0.0629. The van der Waals surface area contributed by atoms with Crippen molar-refractivity contribution in [3.8, 4) is 0 Å². The predicted molar refractivity (Wildman–Crippen MR) is 90.8 cm³/mol. The minimum atomic E-state index is -0.995. The fourth-order valence-electron chi connectivity index (χ4n) is 2.81. The molecule has 0 aliphatic carbocycles. The standard InChI is InChI=1S/C20H20O4/c1-14(21)19(20(23)24-2)17(15-9-5-3-6-10-15)13-18(22)16-11-7-4-8-12-16/h3-12,17,19H,13H2,1-2H3. The summed E-state index contributed by atoms with van der Waals surface area (Å²) in [5, 5.41) is 0. The van der Waals surface area contributed by atoms with Gasteiger partial charge in [-0.15, -0.1) is 0 Å². The maximum Gasteiger partial charge on any atom is 0.316 e. The van der Waals surface area contributed by atoms with Gasteiger partial charge in [-0.2, -0.15) is 0 Å². The molecule has 0 N–H and O–H groups in total. The zero-order valence-corrected chi connectivity index (χ0v) is 13.8. The molecule has 2 atom stereocenters. The van der Waals surface area contributed by atoms with Crippen molar-refractivity contribution in [1.82, 2.24) is 0 Å². The Kier molecular flexibility index (Phi) is 6.01. The molecule has 2 unspecified atom stereocenters. The number of benzene rings is 2. The van der Waals surface area contributed by atoms with E-state index < -0.39 is 17.8 Å². The summed E-state index contributed by atoms with van der Waals surface area (Å²) in [5.74, 6) is -2.58. The normalized spacial score (nSPS) is 12.9. The number of esters is 1. The fourth-order valence-corrected chi connectivity index (χ4v) is 2.81. The summed E-state index contributed by atoms with van der Waals surface area (Å²) in [6.45, 7) is 1.35. The third kappa shape index (κ3) is 4.16. The molecule has 0 heterocycles. The van der Waals surface area contributed by atoms with Crippen molar-refractivity contribution >= 4 is 17.5 Å². The van der Waals surface area contributed by atoms with E-state index in [1.54, 1.807) is 24.3 Å². The van der Waals surface area contributed by atoms with Crippen LogP contribution in [-0.4, -0.2) is 24.6 Å². The van der Waals surface area contributed by atoms with E-state index >= 15 is 0 Å². The Morgan fingerprint density at radius 3 is 1.96 bits per heavy atom. The van der Waals surface area contributed by atoms with E-state index in [9.17, 15) is 14.4 Å². The first-order valence-corrected chi connectivity index (χ1v) is 7.76. The molecule has 0 bridgehead atoms. The molecular weight excluding hydrogens is 304 g/mol. The number of ketones is 2. The number of Topliss-reactive ketones (excluding diaryl/α,β-unsaturated/α-hetero) is 2. The van der Waals surface area contributed by atoms with Gasteiger partial charge in [-0.05, 0) is 12.5 Å². The van der Waals surface area contributed by atoms with E-state index in [-0.39, 0.29) is 18.0 Å². The first-order valence-electron chi connectivity index (χ1n) is 7.76. The predicted octanol–water partition coefficient (Wildman–Crippen LogP) is 3.42. The molecule has 0 saturated heterocycles. The Labute approximate surface area is 141 Å². The van der Waals surface area contributed by atoms with E-state index in [2.05, 4.69) is 0 Å². The van der Waals surface area contributed by atoms with Gasteiger partial charge >= 0.3 is 5.97 Å². The molecule has 0 fully saturated rings. The van der Waals surface area contributed by atoms with E-state index in [1.165, 1.54) is 14.0 Å². The molecule has 0 aromatic heterocycles. The summed E-state index contributed by atoms with van der Waals surface area (Å²) in [6, 6.07) is 18.0. The number of carbonyl (C=O) groups is 3. The summed E-state index contributed by atoms with van der Waals surface area (Å²) in [7, 11) is 1.25. The summed E-state index contributed by atoms with van der Waals surface area (Å²) in [5.41, 5.74) is 1.33. The molecule has 2 aromatic rings. The first kappa shape index (κ1) is 17.6. The Morgan fingerprint density at radius 2 is 1.46 bits per heavy atom. The first-order chi connectivity index (χ1) is 11.5. The van der Waals surface area contributed by atoms with Gasteiger partial charge in [0.1, 0.15) is 11.7 Å². The lowest BCUT2D eigenvalue weighted by atomic mass is 9.79. The third-order valence-corrected chi connectivity index (χ3v) is 4.02. The van der Waals surface area contributed by atoms with E-state index in [0.717, 1.165) is 5.56 Å². The van der Waals surface area contributed by atoms with Crippen molar-refractivity contribution in [3.63, 3.8) is 0 Å². The van der Waals surface area contributed by atoms with Gasteiger partial charge in [0, 0.05) is 17.9 Å². The average Bonchev–Trinajstić information content (AvgIpc) is 2.62. The highest BCUT2D eigenvalue weighted by molar-refractivity contribution is 6.01. The van der Waals surface area contributed by atoms with Crippen LogP contribution in [0.25, 0.3) is 0 Å². The monoisotopic (exact) mass is 324 g/mol. The molecule has 0 aliphatic heterocycles. The van der Waals surface area contributed by atoms with Gasteiger partial charge in [-0.25, -0.2) is 0 Å². The lowest BCUT2D eigenvalue weighted by Crippen LogP contribution is -2.31. The molecule has 24 heavy (non-hydrogen) atoms. The number of ether oxygens (including phenoxy) is 1. The van der Waals surface area contributed by atoms with Crippen LogP contribution in [0.15, 0.2) is 60.7 Å². The van der Waals surface area contributed by atoms with Crippen molar-refractivity contribution < 1.29 is 19.1 Å². The van der Waals surface area contributed by atoms with Gasteiger partial charge in [0.2, 0.25) is 0 Å². The Balaban J connectivity index is 2.38. The van der Waals surface area contributed by atoms with Crippen LogP contribution in [0.4, 0.5) is 0 Å². The van der Waals surface area contributed by atoms with Gasteiger partial charge in [-0.3, -0.25) is 14.4 Å². The highest BCUT2D eigenvalue weighted by atomic mass is 16.5.